The second kappa shape index (κ2) is 6.04. The van der Waals surface area contributed by atoms with Crippen molar-refractivity contribution in [2.75, 3.05) is 31.1 Å². The van der Waals surface area contributed by atoms with Gasteiger partial charge in [0.15, 0.2) is 0 Å². The van der Waals surface area contributed by atoms with Crippen LogP contribution in [0.2, 0.25) is 0 Å². The monoisotopic (exact) mass is 294 g/mol. The number of nitrogens with one attached hydrogen (secondary N) is 1. The number of hydrogen-bond acceptors (Lipinski definition) is 5. The van der Waals surface area contributed by atoms with E-state index in [1.165, 1.54) is 0 Å². The van der Waals surface area contributed by atoms with Crippen LogP contribution in [-0.2, 0) is 6.18 Å². The number of halogens is 3. The predicted octanol–water partition coefficient (Wildman–Crippen LogP) is 2.38. The zero-order valence-corrected chi connectivity index (χ0v) is 11.5. The van der Waals surface area contributed by atoms with Crippen LogP contribution in [0.5, 0.6) is 0 Å². The topological polar surface area (TPSA) is 41.0 Å². The Kier molecular flexibility index (Phi) is 4.62. The molecule has 2 heterocycles. The van der Waals surface area contributed by atoms with Gasteiger partial charge in [-0.25, -0.2) is 0 Å². The van der Waals surface area contributed by atoms with E-state index in [9.17, 15) is 13.2 Å². The summed E-state index contributed by atoms with van der Waals surface area (Å²) in [5, 5.41) is 3.65. The number of alkyl halides is 3. The van der Waals surface area contributed by atoms with Crippen molar-refractivity contribution >= 4 is 16.7 Å². The lowest BCUT2D eigenvalue weighted by Gasteiger charge is -2.28. The summed E-state index contributed by atoms with van der Waals surface area (Å²) in [5.41, 5.74) is 0. The van der Waals surface area contributed by atoms with Crippen LogP contribution in [0, 0.1) is 5.92 Å². The van der Waals surface area contributed by atoms with Gasteiger partial charge in [-0.15, -0.1) is 0 Å². The van der Waals surface area contributed by atoms with Gasteiger partial charge in [0, 0.05) is 24.6 Å². The van der Waals surface area contributed by atoms with Crippen LogP contribution in [0.3, 0.4) is 0 Å². The first-order valence-electron chi connectivity index (χ1n) is 6.37. The molecule has 2 rings (SSSR count). The van der Waals surface area contributed by atoms with Crippen molar-refractivity contribution < 1.29 is 13.2 Å². The molecule has 0 saturated carbocycles. The quantitative estimate of drug-likeness (QED) is 0.925. The summed E-state index contributed by atoms with van der Waals surface area (Å²) in [6.45, 7) is 5.29. The number of hydrogen-bond donors (Lipinski definition) is 1. The molecule has 0 bridgehead atoms. The lowest BCUT2D eigenvalue weighted by Crippen LogP contribution is -2.36. The van der Waals surface area contributed by atoms with Crippen molar-refractivity contribution in [3.05, 3.63) is 5.82 Å². The lowest BCUT2D eigenvalue weighted by molar-refractivity contribution is -0.144. The molecule has 0 spiro atoms. The summed E-state index contributed by atoms with van der Waals surface area (Å²) in [4.78, 5) is 5.50. The fraction of sp³-hybridized carbons (Fsp3) is 0.818. The molecule has 0 amide bonds. The molecule has 1 aromatic heterocycles. The molecule has 0 aliphatic carbocycles. The molecule has 1 saturated heterocycles. The molecule has 0 radical (unpaired) electrons. The van der Waals surface area contributed by atoms with Crippen LogP contribution in [0.15, 0.2) is 0 Å². The average molecular weight is 294 g/mol. The number of nitrogens with zero attached hydrogens (tertiary/aromatic N) is 3. The second-order valence-electron chi connectivity index (χ2n) is 4.63. The van der Waals surface area contributed by atoms with Crippen LogP contribution >= 0.6 is 11.5 Å². The van der Waals surface area contributed by atoms with Gasteiger partial charge in [-0.3, -0.25) is 0 Å². The highest BCUT2D eigenvalue weighted by atomic mass is 32.1. The Morgan fingerprint density at radius 3 is 2.58 bits per heavy atom. The van der Waals surface area contributed by atoms with Crippen molar-refractivity contribution in [3.63, 3.8) is 0 Å². The van der Waals surface area contributed by atoms with E-state index in [0.29, 0.717) is 17.6 Å². The van der Waals surface area contributed by atoms with Crippen LogP contribution < -0.4 is 10.2 Å². The Labute approximate surface area is 114 Å². The van der Waals surface area contributed by atoms with Gasteiger partial charge in [-0.2, -0.15) is 22.5 Å². The molecule has 19 heavy (non-hydrogen) atoms. The van der Waals surface area contributed by atoms with Crippen LogP contribution in [0.1, 0.15) is 25.6 Å². The third-order valence-corrected chi connectivity index (χ3v) is 4.04. The Morgan fingerprint density at radius 1 is 1.37 bits per heavy atom. The average Bonchev–Trinajstić information content (AvgIpc) is 2.86. The molecule has 8 heteroatoms. The summed E-state index contributed by atoms with van der Waals surface area (Å²) in [7, 11) is 0. The maximum Gasteiger partial charge on any atom is 0.452 e. The predicted molar refractivity (Wildman–Crippen MR) is 68.4 cm³/mol. The molecule has 4 nitrogen and oxygen atoms in total. The fourth-order valence-electron chi connectivity index (χ4n) is 2.18. The van der Waals surface area contributed by atoms with Crippen LogP contribution in [0.25, 0.3) is 0 Å². The minimum absolute atomic E-state index is 0.369. The zero-order valence-electron chi connectivity index (χ0n) is 10.7. The summed E-state index contributed by atoms with van der Waals surface area (Å²) in [6.07, 6.45) is -2.34. The van der Waals surface area contributed by atoms with Gasteiger partial charge < -0.3 is 10.2 Å². The molecule has 1 fully saturated rings. The van der Waals surface area contributed by atoms with Gasteiger partial charge in [0.2, 0.25) is 11.0 Å². The van der Waals surface area contributed by atoms with E-state index in [2.05, 4.69) is 14.7 Å². The number of piperidine rings is 1. The maximum atomic E-state index is 12.5. The lowest BCUT2D eigenvalue weighted by atomic mass is 9.98. The highest BCUT2D eigenvalue weighted by molar-refractivity contribution is 7.09. The van der Waals surface area contributed by atoms with Gasteiger partial charge in [0.25, 0.3) is 0 Å². The SMILES string of the molecule is CCN(CC1CCNCC1)c1nc(C(F)(F)F)ns1. The van der Waals surface area contributed by atoms with Crippen molar-refractivity contribution in [1.29, 1.82) is 0 Å². The molecule has 1 N–H and O–H groups in total. The first-order chi connectivity index (χ1) is 9.00. The Bertz CT molecular complexity index is 401. The number of rotatable bonds is 4. The molecule has 108 valence electrons. The maximum absolute atomic E-state index is 12.5. The molecule has 0 atom stereocenters. The molecule has 0 unspecified atom stereocenters. The molecule has 0 aromatic carbocycles. The first kappa shape index (κ1) is 14.5. The minimum Gasteiger partial charge on any atom is -0.347 e. The number of anilines is 1. The van der Waals surface area contributed by atoms with E-state index < -0.39 is 12.0 Å². The van der Waals surface area contributed by atoms with Gasteiger partial charge in [0.05, 0.1) is 0 Å². The summed E-state index contributed by atoms with van der Waals surface area (Å²) < 4.78 is 40.8. The molecule has 1 aromatic rings. The van der Waals surface area contributed by atoms with E-state index in [-0.39, 0.29) is 0 Å². The highest BCUT2D eigenvalue weighted by Gasteiger charge is 2.36. The smallest absolute Gasteiger partial charge is 0.347 e. The largest absolute Gasteiger partial charge is 0.452 e. The van der Waals surface area contributed by atoms with Gasteiger partial charge >= 0.3 is 6.18 Å². The minimum atomic E-state index is -4.46. The van der Waals surface area contributed by atoms with Crippen molar-refractivity contribution in [3.8, 4) is 0 Å². The van der Waals surface area contributed by atoms with E-state index in [4.69, 9.17) is 0 Å². The third-order valence-electron chi connectivity index (χ3n) is 3.26. The Hall–Kier alpha value is -0.890. The second-order valence-corrected chi connectivity index (χ2v) is 5.36. The fourth-order valence-corrected chi connectivity index (χ4v) is 2.94. The van der Waals surface area contributed by atoms with E-state index in [1.54, 1.807) is 0 Å². The van der Waals surface area contributed by atoms with Crippen molar-refractivity contribution in [2.45, 2.75) is 25.9 Å². The Balaban J connectivity index is 2.02. The molecule has 1 aliphatic heterocycles. The van der Waals surface area contributed by atoms with Crippen LogP contribution in [0.4, 0.5) is 18.3 Å². The summed E-state index contributed by atoms with van der Waals surface area (Å²) in [5.74, 6) is -0.518. The summed E-state index contributed by atoms with van der Waals surface area (Å²) in [6, 6.07) is 0. The van der Waals surface area contributed by atoms with E-state index in [1.807, 2.05) is 11.8 Å². The summed E-state index contributed by atoms with van der Waals surface area (Å²) >= 11 is 0.827. The molecular weight excluding hydrogens is 277 g/mol. The van der Waals surface area contributed by atoms with Gasteiger partial charge in [-0.1, -0.05) is 0 Å². The normalized spacial score (nSPS) is 17.7. The highest BCUT2D eigenvalue weighted by Crippen LogP contribution is 2.30. The van der Waals surface area contributed by atoms with Crippen molar-refractivity contribution in [1.82, 2.24) is 14.7 Å². The molecule has 1 aliphatic rings. The standard InChI is InChI=1S/C11H17F3N4S/c1-2-18(7-8-3-5-15-6-4-8)10-16-9(17-19-10)11(12,13)14/h8,15H,2-7H2,1H3. The number of aromatic nitrogens is 2. The third kappa shape index (κ3) is 3.79. The van der Waals surface area contributed by atoms with Crippen molar-refractivity contribution in [2.24, 2.45) is 5.92 Å². The van der Waals surface area contributed by atoms with E-state index >= 15 is 0 Å². The first-order valence-corrected chi connectivity index (χ1v) is 7.14. The van der Waals surface area contributed by atoms with E-state index in [0.717, 1.165) is 44.0 Å². The Morgan fingerprint density at radius 2 is 2.05 bits per heavy atom. The molecular formula is C11H17F3N4S. The van der Waals surface area contributed by atoms with Gasteiger partial charge in [0.1, 0.15) is 0 Å². The van der Waals surface area contributed by atoms with Gasteiger partial charge in [-0.05, 0) is 38.8 Å². The van der Waals surface area contributed by atoms with Crippen LogP contribution in [-0.4, -0.2) is 35.5 Å². The zero-order chi connectivity index (χ0) is 13.9.